The highest BCUT2D eigenvalue weighted by Gasteiger charge is 2.36. The van der Waals surface area contributed by atoms with Crippen molar-refractivity contribution in [3.63, 3.8) is 0 Å². The van der Waals surface area contributed by atoms with Crippen molar-refractivity contribution in [1.29, 1.82) is 0 Å². The van der Waals surface area contributed by atoms with E-state index >= 15 is 0 Å². The van der Waals surface area contributed by atoms with Crippen molar-refractivity contribution in [2.45, 2.75) is 46.1 Å². The summed E-state index contributed by atoms with van der Waals surface area (Å²) in [5.74, 6) is 0.731. The van der Waals surface area contributed by atoms with Crippen LogP contribution >= 0.6 is 0 Å². The largest absolute Gasteiger partial charge is 0.348 e. The molecule has 1 amide bonds. The third-order valence-electron chi connectivity index (χ3n) is 3.63. The van der Waals surface area contributed by atoms with Crippen LogP contribution in [0.4, 0.5) is 0 Å². The molecule has 0 bridgehead atoms. The highest BCUT2D eigenvalue weighted by Crippen LogP contribution is 2.40. The maximum absolute atomic E-state index is 12.1. The molecule has 0 aliphatic heterocycles. The fourth-order valence-electron chi connectivity index (χ4n) is 2.53. The average molecular weight is 237 g/mol. The number of rotatable bonds is 3. The Hall–Kier alpha value is -1.46. The predicted molar refractivity (Wildman–Crippen MR) is 61.8 cm³/mol. The average Bonchev–Trinajstić information content (AvgIpc) is 2.78. The summed E-state index contributed by atoms with van der Waals surface area (Å²) >= 11 is 0. The lowest BCUT2D eigenvalue weighted by Crippen LogP contribution is -2.40. The van der Waals surface area contributed by atoms with Gasteiger partial charge in [0.25, 0.3) is 0 Å². The predicted octanol–water partition coefficient (Wildman–Crippen LogP) is 1.03. The Labute approximate surface area is 101 Å². The lowest BCUT2D eigenvalue weighted by molar-refractivity contribution is -0.130. The quantitative estimate of drug-likeness (QED) is 0.822. The topological polar surface area (TPSA) is 83.6 Å². The van der Waals surface area contributed by atoms with Crippen LogP contribution in [0.5, 0.6) is 0 Å². The van der Waals surface area contributed by atoms with E-state index in [2.05, 4.69) is 39.8 Å². The van der Waals surface area contributed by atoms with Crippen LogP contribution < -0.4 is 5.32 Å². The van der Waals surface area contributed by atoms with Gasteiger partial charge in [0.1, 0.15) is 0 Å². The van der Waals surface area contributed by atoms with Crippen molar-refractivity contribution < 1.29 is 4.79 Å². The Kier molecular flexibility index (Phi) is 3.40. The van der Waals surface area contributed by atoms with Gasteiger partial charge in [0.05, 0.1) is 6.54 Å². The van der Waals surface area contributed by atoms with Crippen molar-refractivity contribution in [3.05, 3.63) is 5.82 Å². The molecule has 2 rings (SSSR count). The number of hydrogen-bond donors (Lipinski definition) is 2. The summed E-state index contributed by atoms with van der Waals surface area (Å²) in [7, 11) is 0. The molecule has 1 aromatic rings. The van der Waals surface area contributed by atoms with Gasteiger partial charge < -0.3 is 5.32 Å². The second kappa shape index (κ2) is 4.81. The van der Waals surface area contributed by atoms with Gasteiger partial charge in [0, 0.05) is 5.92 Å². The first kappa shape index (κ1) is 12.0. The Morgan fingerprint density at radius 3 is 3.00 bits per heavy atom. The molecule has 17 heavy (non-hydrogen) atoms. The van der Waals surface area contributed by atoms with Gasteiger partial charge in [-0.15, -0.1) is 10.2 Å². The maximum Gasteiger partial charge on any atom is 0.224 e. The lowest BCUT2D eigenvalue weighted by atomic mass is 9.68. The van der Waals surface area contributed by atoms with Crippen LogP contribution in [0, 0.1) is 11.3 Å². The molecule has 1 heterocycles. The van der Waals surface area contributed by atoms with E-state index < -0.39 is 0 Å². The molecule has 0 radical (unpaired) electrons. The Morgan fingerprint density at radius 1 is 1.53 bits per heavy atom. The van der Waals surface area contributed by atoms with Crippen LogP contribution in [-0.2, 0) is 11.3 Å². The summed E-state index contributed by atoms with van der Waals surface area (Å²) in [6.45, 7) is 4.69. The minimum absolute atomic E-state index is 0.0968. The third kappa shape index (κ3) is 2.81. The van der Waals surface area contributed by atoms with Gasteiger partial charge in [-0.05, 0) is 18.3 Å². The number of tetrazole rings is 1. The van der Waals surface area contributed by atoms with Crippen LogP contribution in [0.2, 0.25) is 0 Å². The van der Waals surface area contributed by atoms with Gasteiger partial charge in [-0.2, -0.15) is 5.21 Å². The van der Waals surface area contributed by atoms with Gasteiger partial charge in [-0.25, -0.2) is 0 Å². The number of nitrogens with zero attached hydrogens (tertiary/aromatic N) is 3. The summed E-state index contributed by atoms with van der Waals surface area (Å²) < 4.78 is 0. The number of aromatic nitrogens is 4. The summed E-state index contributed by atoms with van der Waals surface area (Å²) in [5, 5.41) is 16.3. The van der Waals surface area contributed by atoms with E-state index in [9.17, 15) is 4.79 Å². The number of carbonyl (C=O) groups is 1. The SMILES string of the molecule is CC1(C)CCCCC1C(=O)NCc1nn[nH]n1. The molecule has 1 saturated carbocycles. The zero-order chi connectivity index (χ0) is 12.3. The molecule has 1 fully saturated rings. The van der Waals surface area contributed by atoms with Crippen molar-refractivity contribution in [2.24, 2.45) is 11.3 Å². The van der Waals surface area contributed by atoms with E-state index in [1.807, 2.05) is 0 Å². The third-order valence-corrected chi connectivity index (χ3v) is 3.63. The summed E-state index contributed by atoms with van der Waals surface area (Å²) in [5.41, 5.74) is 0.0968. The number of hydrogen-bond acceptors (Lipinski definition) is 4. The van der Waals surface area contributed by atoms with Crippen LogP contribution in [0.1, 0.15) is 45.4 Å². The molecule has 1 unspecified atom stereocenters. The van der Waals surface area contributed by atoms with Crippen LogP contribution in [0.25, 0.3) is 0 Å². The standard InChI is InChI=1S/C11H19N5O/c1-11(2)6-4-3-5-8(11)10(17)12-7-9-13-15-16-14-9/h8H,3-7H2,1-2H3,(H,12,17)(H,13,14,15,16). The van der Waals surface area contributed by atoms with Crippen LogP contribution in [0.15, 0.2) is 0 Å². The fourth-order valence-corrected chi connectivity index (χ4v) is 2.53. The van der Waals surface area contributed by atoms with E-state index in [1.165, 1.54) is 6.42 Å². The summed E-state index contributed by atoms with van der Waals surface area (Å²) in [6.07, 6.45) is 4.46. The van der Waals surface area contributed by atoms with E-state index in [4.69, 9.17) is 0 Å². The van der Waals surface area contributed by atoms with Crippen molar-refractivity contribution >= 4 is 5.91 Å². The summed E-state index contributed by atoms with van der Waals surface area (Å²) in [4.78, 5) is 12.1. The minimum Gasteiger partial charge on any atom is -0.348 e. The molecule has 0 saturated heterocycles. The molecule has 1 aliphatic carbocycles. The summed E-state index contributed by atoms with van der Waals surface area (Å²) in [6, 6.07) is 0. The Morgan fingerprint density at radius 2 is 2.35 bits per heavy atom. The second-order valence-electron chi connectivity index (χ2n) is 5.33. The number of carbonyl (C=O) groups excluding carboxylic acids is 1. The number of H-pyrrole nitrogens is 1. The van der Waals surface area contributed by atoms with Gasteiger partial charge in [-0.3, -0.25) is 4.79 Å². The zero-order valence-corrected chi connectivity index (χ0v) is 10.4. The minimum atomic E-state index is 0.0968. The molecule has 6 heteroatoms. The fraction of sp³-hybridized carbons (Fsp3) is 0.818. The van der Waals surface area contributed by atoms with Crippen LogP contribution in [0.3, 0.4) is 0 Å². The van der Waals surface area contributed by atoms with E-state index in [-0.39, 0.29) is 17.2 Å². The first-order chi connectivity index (χ1) is 8.09. The Bertz CT molecular complexity index is 373. The second-order valence-corrected chi connectivity index (χ2v) is 5.33. The molecule has 0 spiro atoms. The molecule has 1 atom stereocenters. The molecule has 6 nitrogen and oxygen atoms in total. The molecular weight excluding hydrogens is 218 g/mol. The molecule has 94 valence electrons. The first-order valence-corrected chi connectivity index (χ1v) is 6.09. The maximum atomic E-state index is 12.1. The molecule has 2 N–H and O–H groups in total. The highest BCUT2D eigenvalue weighted by molar-refractivity contribution is 5.79. The molecule has 0 aromatic carbocycles. The smallest absolute Gasteiger partial charge is 0.224 e. The Balaban J connectivity index is 1.90. The number of amides is 1. The van der Waals surface area contributed by atoms with E-state index in [0.29, 0.717) is 12.4 Å². The zero-order valence-electron chi connectivity index (χ0n) is 10.4. The van der Waals surface area contributed by atoms with Gasteiger partial charge in [0.2, 0.25) is 5.91 Å². The molecule has 1 aromatic heterocycles. The van der Waals surface area contributed by atoms with Crippen molar-refractivity contribution in [2.75, 3.05) is 0 Å². The van der Waals surface area contributed by atoms with Gasteiger partial charge in [-0.1, -0.05) is 31.9 Å². The normalized spacial score (nSPS) is 23.3. The van der Waals surface area contributed by atoms with Crippen molar-refractivity contribution in [1.82, 2.24) is 25.9 Å². The monoisotopic (exact) mass is 237 g/mol. The van der Waals surface area contributed by atoms with Gasteiger partial charge in [0.15, 0.2) is 5.82 Å². The van der Waals surface area contributed by atoms with E-state index in [0.717, 1.165) is 19.3 Å². The van der Waals surface area contributed by atoms with Gasteiger partial charge >= 0.3 is 0 Å². The first-order valence-electron chi connectivity index (χ1n) is 6.09. The van der Waals surface area contributed by atoms with Crippen LogP contribution in [-0.4, -0.2) is 26.5 Å². The number of aromatic amines is 1. The molecular formula is C11H19N5O. The number of nitrogens with one attached hydrogen (secondary N) is 2. The van der Waals surface area contributed by atoms with E-state index in [1.54, 1.807) is 0 Å². The molecule has 1 aliphatic rings. The van der Waals surface area contributed by atoms with Crippen molar-refractivity contribution in [3.8, 4) is 0 Å². The lowest BCUT2D eigenvalue weighted by Gasteiger charge is -2.37. The highest BCUT2D eigenvalue weighted by atomic mass is 16.1.